The molecule has 0 atom stereocenters. The Labute approximate surface area is 129 Å². The molecule has 2 heteroatoms. The second kappa shape index (κ2) is 6.46. The fourth-order valence-electron chi connectivity index (χ4n) is 2.78. The number of carbonyl (C=O) groups excluding carboxylic acids is 1. The van der Waals surface area contributed by atoms with E-state index in [1.807, 2.05) is 6.07 Å². The number of amides is 1. The van der Waals surface area contributed by atoms with Crippen molar-refractivity contribution in [3.63, 3.8) is 0 Å². The highest BCUT2D eigenvalue weighted by atomic mass is 16.1. The van der Waals surface area contributed by atoms with E-state index in [1.165, 1.54) is 5.56 Å². The molecule has 0 aliphatic rings. The van der Waals surface area contributed by atoms with Gasteiger partial charge in [0.1, 0.15) is 0 Å². The third kappa shape index (κ3) is 5.74. The van der Waals surface area contributed by atoms with Gasteiger partial charge in [-0.15, -0.1) is 0 Å². The molecule has 2 nitrogen and oxygen atoms in total. The molecule has 0 fully saturated rings. The van der Waals surface area contributed by atoms with Crippen LogP contribution < -0.4 is 5.32 Å². The SMILES string of the molecule is C=C(C)C(=O)NCc1c[c]cc(C(C)(C)CC(C)(C)C)c1. The smallest absolute Gasteiger partial charge is 0.246 e. The summed E-state index contributed by atoms with van der Waals surface area (Å²) in [4.78, 5) is 11.6. The average molecular weight is 286 g/mol. The van der Waals surface area contributed by atoms with Crippen LogP contribution in [0.15, 0.2) is 30.4 Å². The molecule has 0 aromatic heterocycles. The molecule has 0 heterocycles. The summed E-state index contributed by atoms with van der Waals surface area (Å²) in [5.41, 5.74) is 3.23. The van der Waals surface area contributed by atoms with Crippen molar-refractivity contribution < 1.29 is 4.79 Å². The van der Waals surface area contributed by atoms with Gasteiger partial charge in [0.2, 0.25) is 5.91 Å². The summed E-state index contributed by atoms with van der Waals surface area (Å²) in [7, 11) is 0. The maximum Gasteiger partial charge on any atom is 0.246 e. The second-order valence-electron chi connectivity index (χ2n) is 7.71. The lowest BCUT2D eigenvalue weighted by Gasteiger charge is -2.33. The minimum atomic E-state index is -0.102. The number of carbonyl (C=O) groups is 1. The Balaban J connectivity index is 2.85. The zero-order chi connectivity index (χ0) is 16.3. The van der Waals surface area contributed by atoms with Gasteiger partial charge in [-0.1, -0.05) is 53.3 Å². The van der Waals surface area contributed by atoms with Crippen molar-refractivity contribution in [2.24, 2.45) is 5.41 Å². The van der Waals surface area contributed by atoms with Gasteiger partial charge in [-0.25, -0.2) is 0 Å². The normalized spacial score (nSPS) is 12.1. The average Bonchev–Trinajstić information content (AvgIpc) is 2.33. The fourth-order valence-corrected chi connectivity index (χ4v) is 2.78. The van der Waals surface area contributed by atoms with Crippen LogP contribution in [-0.4, -0.2) is 5.91 Å². The van der Waals surface area contributed by atoms with Crippen molar-refractivity contribution in [2.75, 3.05) is 0 Å². The highest BCUT2D eigenvalue weighted by Gasteiger charge is 2.27. The molecule has 1 N–H and O–H groups in total. The maximum atomic E-state index is 11.6. The van der Waals surface area contributed by atoms with Crippen LogP contribution in [0.25, 0.3) is 0 Å². The highest BCUT2D eigenvalue weighted by molar-refractivity contribution is 5.91. The molecule has 0 saturated heterocycles. The molecule has 0 aliphatic carbocycles. The minimum Gasteiger partial charge on any atom is -0.348 e. The largest absolute Gasteiger partial charge is 0.348 e. The zero-order valence-electron chi connectivity index (χ0n) is 14.3. The summed E-state index contributed by atoms with van der Waals surface area (Å²) < 4.78 is 0. The monoisotopic (exact) mass is 286 g/mol. The number of nitrogens with one attached hydrogen (secondary N) is 1. The van der Waals surface area contributed by atoms with E-state index in [2.05, 4.69) is 64.7 Å². The lowest BCUT2D eigenvalue weighted by Crippen LogP contribution is -2.26. The van der Waals surface area contributed by atoms with E-state index in [4.69, 9.17) is 0 Å². The van der Waals surface area contributed by atoms with Crippen LogP contribution in [0.3, 0.4) is 0 Å². The molecule has 0 unspecified atom stereocenters. The van der Waals surface area contributed by atoms with E-state index < -0.39 is 0 Å². The first-order valence-corrected chi connectivity index (χ1v) is 7.45. The van der Waals surface area contributed by atoms with Crippen LogP contribution in [0, 0.1) is 11.5 Å². The summed E-state index contributed by atoms with van der Waals surface area (Å²) in [6.45, 7) is 17.2. The maximum absolute atomic E-state index is 11.6. The van der Waals surface area contributed by atoms with Crippen molar-refractivity contribution >= 4 is 5.91 Å². The molecule has 1 amide bonds. The molecule has 1 rings (SSSR count). The Bertz CT molecular complexity index is 521. The van der Waals surface area contributed by atoms with Gasteiger partial charge in [0.05, 0.1) is 0 Å². The molecular weight excluding hydrogens is 258 g/mol. The molecule has 0 spiro atoms. The third-order valence-corrected chi connectivity index (χ3v) is 3.44. The first kappa shape index (κ1) is 17.5. The number of hydrogen-bond donors (Lipinski definition) is 1. The van der Waals surface area contributed by atoms with Crippen molar-refractivity contribution in [1.29, 1.82) is 0 Å². The van der Waals surface area contributed by atoms with Crippen molar-refractivity contribution in [3.05, 3.63) is 47.5 Å². The molecule has 1 aromatic rings. The predicted molar refractivity (Wildman–Crippen MR) is 89.0 cm³/mol. The van der Waals surface area contributed by atoms with E-state index in [-0.39, 0.29) is 16.7 Å². The number of rotatable bonds is 5. The van der Waals surface area contributed by atoms with Gasteiger partial charge in [0.25, 0.3) is 0 Å². The standard InChI is InChI=1S/C19H28NO/c1-14(2)17(21)20-12-15-9-8-10-16(11-15)19(6,7)13-18(3,4)5/h9-11H,1,12-13H2,2-7H3,(H,20,21). The molecule has 0 bridgehead atoms. The minimum absolute atomic E-state index is 0.0864. The topological polar surface area (TPSA) is 29.1 Å². The fraction of sp³-hybridized carbons (Fsp3) is 0.526. The van der Waals surface area contributed by atoms with E-state index in [0.29, 0.717) is 12.1 Å². The van der Waals surface area contributed by atoms with E-state index in [0.717, 1.165) is 12.0 Å². The second-order valence-corrected chi connectivity index (χ2v) is 7.71. The molecular formula is C19H28NO. The zero-order valence-corrected chi connectivity index (χ0v) is 14.3. The Morgan fingerprint density at radius 2 is 1.86 bits per heavy atom. The van der Waals surface area contributed by atoms with E-state index >= 15 is 0 Å². The molecule has 0 saturated carbocycles. The first-order chi connectivity index (χ1) is 9.51. The summed E-state index contributed by atoms with van der Waals surface area (Å²) >= 11 is 0. The quantitative estimate of drug-likeness (QED) is 0.799. The highest BCUT2D eigenvalue weighted by Crippen LogP contribution is 2.36. The van der Waals surface area contributed by atoms with Crippen molar-refractivity contribution in [1.82, 2.24) is 5.32 Å². The molecule has 1 radical (unpaired) electrons. The summed E-state index contributed by atoms with van der Waals surface area (Å²) in [5.74, 6) is -0.102. The van der Waals surface area contributed by atoms with Gasteiger partial charge in [-0.05, 0) is 47.4 Å². The molecule has 115 valence electrons. The van der Waals surface area contributed by atoms with Crippen LogP contribution in [0.4, 0.5) is 0 Å². The van der Waals surface area contributed by atoms with E-state index in [1.54, 1.807) is 6.92 Å². The first-order valence-electron chi connectivity index (χ1n) is 7.45. The summed E-state index contributed by atoms with van der Waals surface area (Å²) in [6.07, 6.45) is 1.09. The van der Waals surface area contributed by atoms with Crippen LogP contribution in [-0.2, 0) is 16.8 Å². The van der Waals surface area contributed by atoms with Crippen molar-refractivity contribution in [2.45, 2.75) is 59.9 Å². The Kier molecular flexibility index (Phi) is 5.38. The van der Waals surface area contributed by atoms with Crippen LogP contribution in [0.2, 0.25) is 0 Å². The number of hydrogen-bond acceptors (Lipinski definition) is 1. The molecule has 0 aliphatic heterocycles. The van der Waals surface area contributed by atoms with Gasteiger partial charge in [0.15, 0.2) is 0 Å². The Morgan fingerprint density at radius 3 is 2.38 bits per heavy atom. The van der Waals surface area contributed by atoms with Crippen LogP contribution in [0.1, 0.15) is 59.1 Å². The Morgan fingerprint density at radius 1 is 1.24 bits per heavy atom. The molecule has 1 aromatic carbocycles. The third-order valence-electron chi connectivity index (χ3n) is 3.44. The number of benzene rings is 1. The van der Waals surface area contributed by atoms with Gasteiger partial charge in [-0.3, -0.25) is 4.79 Å². The Hall–Kier alpha value is -1.57. The lowest BCUT2D eigenvalue weighted by molar-refractivity contribution is -0.117. The van der Waals surface area contributed by atoms with Crippen molar-refractivity contribution in [3.8, 4) is 0 Å². The summed E-state index contributed by atoms with van der Waals surface area (Å²) in [5, 5.41) is 2.87. The lowest BCUT2D eigenvalue weighted by atomic mass is 9.72. The van der Waals surface area contributed by atoms with Crippen LogP contribution in [0.5, 0.6) is 0 Å². The van der Waals surface area contributed by atoms with Crippen LogP contribution >= 0.6 is 0 Å². The van der Waals surface area contributed by atoms with E-state index in [9.17, 15) is 4.79 Å². The molecule has 21 heavy (non-hydrogen) atoms. The van der Waals surface area contributed by atoms with Gasteiger partial charge in [-0.2, -0.15) is 0 Å². The van der Waals surface area contributed by atoms with Gasteiger partial charge < -0.3 is 5.32 Å². The van der Waals surface area contributed by atoms with Gasteiger partial charge in [0, 0.05) is 12.1 Å². The van der Waals surface area contributed by atoms with Gasteiger partial charge >= 0.3 is 0 Å². The predicted octanol–water partition coefficient (Wildman–Crippen LogP) is 4.39. The summed E-state index contributed by atoms with van der Waals surface area (Å²) in [6, 6.07) is 9.35.